The van der Waals surface area contributed by atoms with Gasteiger partial charge in [-0.1, -0.05) is 18.2 Å². The Morgan fingerprint density at radius 2 is 2.00 bits per heavy atom. The van der Waals surface area contributed by atoms with Gasteiger partial charge < -0.3 is 5.43 Å². The van der Waals surface area contributed by atoms with Crippen LogP contribution < -0.4 is 11.3 Å². The lowest BCUT2D eigenvalue weighted by atomic mass is 10.1. The fourth-order valence-electron chi connectivity index (χ4n) is 1.88. The zero-order valence-corrected chi connectivity index (χ0v) is 11.2. The minimum absolute atomic E-state index is 0.208. The molecule has 0 aliphatic heterocycles. The lowest BCUT2D eigenvalue weighted by Gasteiger charge is -2.14. The number of nitrogens with one attached hydrogen (secondary N) is 1. The number of rotatable bonds is 1. The maximum Gasteiger partial charge on any atom is 0.164 e. The van der Waals surface area contributed by atoms with E-state index in [2.05, 4.69) is 15.5 Å². The van der Waals surface area contributed by atoms with E-state index in [9.17, 15) is 0 Å². The summed E-state index contributed by atoms with van der Waals surface area (Å²) in [7, 11) is 1.91. The Hall–Kier alpha value is -1.88. The second-order valence-electron chi connectivity index (χ2n) is 5.26. The second-order valence-corrected chi connectivity index (χ2v) is 5.26. The normalized spacial score (nSPS) is 13.1. The van der Waals surface area contributed by atoms with E-state index in [-0.39, 0.29) is 5.54 Å². The minimum atomic E-state index is -0.208. The van der Waals surface area contributed by atoms with Gasteiger partial charge in [-0.2, -0.15) is 5.10 Å². The Bertz CT molecular complexity index is 589. The Kier molecular flexibility index (Phi) is 3.09. The highest BCUT2D eigenvalue weighted by Crippen LogP contribution is 2.19. The van der Waals surface area contributed by atoms with Gasteiger partial charge in [-0.3, -0.25) is 9.67 Å². The molecule has 0 aliphatic carbocycles. The van der Waals surface area contributed by atoms with Crippen molar-refractivity contribution in [3.8, 4) is 0 Å². The number of nitrogens with two attached hydrogens (primary N) is 1. The molecule has 3 N–H and O–H groups in total. The maximum atomic E-state index is 5.58. The molecule has 0 fully saturated rings. The zero-order valence-electron chi connectivity index (χ0n) is 11.2. The van der Waals surface area contributed by atoms with Crippen molar-refractivity contribution in [3.05, 3.63) is 30.0 Å². The van der Waals surface area contributed by atoms with Gasteiger partial charge in [-0.15, -0.1) is 0 Å². The maximum absolute atomic E-state index is 5.58. The average Bonchev–Trinajstić information content (AvgIpc) is 2.63. The quantitative estimate of drug-likeness (QED) is 0.347. The van der Waals surface area contributed by atoms with Crippen LogP contribution in [0, 0.1) is 0 Å². The summed E-state index contributed by atoms with van der Waals surface area (Å²) < 4.78 is 1.83. The molecule has 2 aromatic rings. The fraction of sp³-hybridized carbons (Fsp3) is 0.385. The van der Waals surface area contributed by atoms with Crippen molar-refractivity contribution in [3.63, 3.8) is 0 Å². The summed E-state index contributed by atoms with van der Waals surface area (Å²) in [5.74, 6) is 6.19. The van der Waals surface area contributed by atoms with Crippen LogP contribution in [0.25, 0.3) is 10.9 Å². The SMILES string of the molecule is Cn1nc(C(=NC(C)(C)C)NN)c2ccccc21. The van der Waals surface area contributed by atoms with Crippen molar-refractivity contribution in [1.82, 2.24) is 15.2 Å². The number of aliphatic imine (C=N–C) groups is 1. The van der Waals surface area contributed by atoms with Gasteiger partial charge in [-0.25, -0.2) is 5.84 Å². The number of aromatic nitrogens is 2. The first kappa shape index (κ1) is 12.6. The lowest BCUT2D eigenvalue weighted by molar-refractivity contribution is 0.579. The van der Waals surface area contributed by atoms with Crippen LogP contribution in [0.4, 0.5) is 0 Å². The third-order valence-corrected chi connectivity index (χ3v) is 2.57. The molecule has 0 spiro atoms. The average molecular weight is 245 g/mol. The molecule has 1 aromatic carbocycles. The number of amidine groups is 1. The monoisotopic (exact) mass is 245 g/mol. The van der Waals surface area contributed by atoms with Gasteiger partial charge in [0.15, 0.2) is 5.84 Å². The number of hydrogen-bond acceptors (Lipinski definition) is 3. The zero-order chi connectivity index (χ0) is 13.3. The van der Waals surface area contributed by atoms with Gasteiger partial charge in [0.05, 0.1) is 11.1 Å². The van der Waals surface area contributed by atoms with E-state index in [1.54, 1.807) is 0 Å². The van der Waals surface area contributed by atoms with Crippen molar-refractivity contribution >= 4 is 16.7 Å². The number of hydrogen-bond donors (Lipinski definition) is 2. The Balaban J connectivity index is 2.63. The van der Waals surface area contributed by atoms with Crippen LogP contribution in [0.3, 0.4) is 0 Å². The molecule has 1 aromatic heterocycles. The van der Waals surface area contributed by atoms with Crippen molar-refractivity contribution in [2.45, 2.75) is 26.3 Å². The van der Waals surface area contributed by atoms with Gasteiger partial charge in [0.2, 0.25) is 0 Å². The van der Waals surface area contributed by atoms with Crippen LogP contribution >= 0.6 is 0 Å². The van der Waals surface area contributed by atoms with Gasteiger partial charge in [0, 0.05) is 12.4 Å². The molecule has 5 heteroatoms. The number of hydrazine groups is 1. The smallest absolute Gasteiger partial charge is 0.164 e. The summed E-state index contributed by atoms with van der Waals surface area (Å²) in [4.78, 5) is 4.57. The molecule has 0 unspecified atom stereocenters. The molecule has 0 saturated carbocycles. The summed E-state index contributed by atoms with van der Waals surface area (Å²) >= 11 is 0. The molecule has 0 radical (unpaired) electrons. The third kappa shape index (κ3) is 2.36. The third-order valence-electron chi connectivity index (χ3n) is 2.57. The van der Waals surface area contributed by atoms with E-state index in [1.807, 2.05) is 56.8 Å². The molecule has 2 rings (SSSR count). The van der Waals surface area contributed by atoms with Crippen molar-refractivity contribution < 1.29 is 0 Å². The largest absolute Gasteiger partial charge is 0.307 e. The highest BCUT2D eigenvalue weighted by molar-refractivity contribution is 6.07. The number of para-hydroxylation sites is 1. The standard InChI is InChI=1S/C13H19N5/c1-13(2,3)15-12(16-14)11-9-7-5-6-8-10(9)18(4)17-11/h5-8H,14H2,1-4H3,(H,15,16). The first-order chi connectivity index (χ1) is 8.42. The summed E-state index contributed by atoms with van der Waals surface area (Å²) in [5.41, 5.74) is 4.29. The van der Waals surface area contributed by atoms with Crippen LogP contribution in [-0.2, 0) is 7.05 Å². The molecule has 0 bridgehead atoms. The van der Waals surface area contributed by atoms with Crippen LogP contribution in [0.5, 0.6) is 0 Å². The van der Waals surface area contributed by atoms with Gasteiger partial charge in [-0.05, 0) is 26.8 Å². The topological polar surface area (TPSA) is 68.2 Å². The van der Waals surface area contributed by atoms with Crippen molar-refractivity contribution in [2.75, 3.05) is 0 Å². The number of aryl methyl sites for hydroxylation is 1. The Morgan fingerprint density at radius 1 is 1.33 bits per heavy atom. The molecule has 0 saturated heterocycles. The van der Waals surface area contributed by atoms with Crippen molar-refractivity contribution in [1.29, 1.82) is 0 Å². The first-order valence-electron chi connectivity index (χ1n) is 5.91. The van der Waals surface area contributed by atoms with E-state index in [0.717, 1.165) is 16.6 Å². The first-order valence-corrected chi connectivity index (χ1v) is 5.91. The van der Waals surface area contributed by atoms with E-state index in [4.69, 9.17) is 5.84 Å². The molecular formula is C13H19N5. The molecule has 18 heavy (non-hydrogen) atoms. The van der Waals surface area contributed by atoms with Crippen LogP contribution in [0.2, 0.25) is 0 Å². The van der Waals surface area contributed by atoms with Gasteiger partial charge in [0.25, 0.3) is 0 Å². The van der Waals surface area contributed by atoms with E-state index < -0.39 is 0 Å². The second kappa shape index (κ2) is 4.42. The van der Waals surface area contributed by atoms with E-state index in [1.165, 1.54) is 0 Å². The number of fused-ring (bicyclic) bond motifs is 1. The Morgan fingerprint density at radius 3 is 2.61 bits per heavy atom. The molecule has 0 atom stereocenters. The molecule has 96 valence electrons. The molecular weight excluding hydrogens is 226 g/mol. The predicted molar refractivity (Wildman–Crippen MR) is 74.3 cm³/mol. The van der Waals surface area contributed by atoms with Gasteiger partial charge in [0.1, 0.15) is 5.69 Å². The van der Waals surface area contributed by atoms with Crippen LogP contribution in [-0.4, -0.2) is 21.2 Å². The summed E-state index contributed by atoms with van der Waals surface area (Å²) in [6.45, 7) is 6.07. The molecule has 1 heterocycles. The highest BCUT2D eigenvalue weighted by atomic mass is 15.3. The van der Waals surface area contributed by atoms with Gasteiger partial charge >= 0.3 is 0 Å². The summed E-state index contributed by atoms with van der Waals surface area (Å²) in [6.07, 6.45) is 0. The molecule has 0 amide bonds. The van der Waals surface area contributed by atoms with Crippen LogP contribution in [0.1, 0.15) is 26.5 Å². The minimum Gasteiger partial charge on any atom is -0.307 e. The molecule has 5 nitrogen and oxygen atoms in total. The molecule has 0 aliphatic rings. The summed E-state index contributed by atoms with van der Waals surface area (Å²) in [5, 5.41) is 5.53. The number of nitrogens with zero attached hydrogens (tertiary/aromatic N) is 3. The summed E-state index contributed by atoms with van der Waals surface area (Å²) in [6, 6.07) is 8.02. The highest BCUT2D eigenvalue weighted by Gasteiger charge is 2.16. The van der Waals surface area contributed by atoms with Crippen molar-refractivity contribution in [2.24, 2.45) is 17.9 Å². The fourth-order valence-corrected chi connectivity index (χ4v) is 1.88. The predicted octanol–water partition coefficient (Wildman–Crippen LogP) is 1.58. The van der Waals surface area contributed by atoms with Crippen LogP contribution in [0.15, 0.2) is 29.3 Å². The van der Waals surface area contributed by atoms with E-state index >= 15 is 0 Å². The van der Waals surface area contributed by atoms with E-state index in [0.29, 0.717) is 5.84 Å². The Labute approximate surface area is 107 Å². The lowest BCUT2D eigenvalue weighted by Crippen LogP contribution is -2.34. The number of benzene rings is 1.